The lowest BCUT2D eigenvalue weighted by molar-refractivity contribution is -0.119. The third kappa shape index (κ3) is 3.58. The van der Waals surface area contributed by atoms with Gasteiger partial charge in [0.15, 0.2) is 0 Å². The molecule has 4 atom stereocenters. The van der Waals surface area contributed by atoms with Gasteiger partial charge < -0.3 is 4.74 Å². The number of aliphatic imine (C=N–C) groups is 1. The minimum atomic E-state index is -0.306. The Morgan fingerprint density at radius 3 is 2.83 bits per heavy atom. The van der Waals surface area contributed by atoms with Crippen LogP contribution in [-0.2, 0) is 9.53 Å². The van der Waals surface area contributed by atoms with Crippen molar-refractivity contribution in [1.82, 2.24) is 4.90 Å². The Labute approximate surface area is 149 Å². The van der Waals surface area contributed by atoms with E-state index in [0.717, 1.165) is 74.9 Å². The molecule has 0 aromatic rings. The summed E-state index contributed by atoms with van der Waals surface area (Å²) in [5, 5.41) is 1.13. The number of hydrogen-bond donors (Lipinski definition) is 0. The zero-order valence-corrected chi connectivity index (χ0v) is 15.7. The Morgan fingerprint density at radius 1 is 1.29 bits per heavy atom. The predicted octanol–water partition coefficient (Wildman–Crippen LogP) is 3.36. The zero-order chi connectivity index (χ0) is 16.6. The summed E-state index contributed by atoms with van der Waals surface area (Å²) in [6.45, 7) is 6.95. The molecule has 4 aliphatic rings. The highest BCUT2D eigenvalue weighted by molar-refractivity contribution is 8.16. The molecule has 4 unspecified atom stereocenters. The molecule has 134 valence electrons. The van der Waals surface area contributed by atoms with Gasteiger partial charge in [-0.15, -0.1) is 0 Å². The first-order chi connectivity index (χ1) is 11.6. The van der Waals surface area contributed by atoms with E-state index in [-0.39, 0.29) is 10.7 Å². The van der Waals surface area contributed by atoms with Crippen LogP contribution >= 0.6 is 11.8 Å². The Morgan fingerprint density at radius 2 is 2.12 bits per heavy atom. The molecule has 2 heterocycles. The van der Waals surface area contributed by atoms with E-state index < -0.39 is 0 Å². The molecule has 3 fully saturated rings. The van der Waals surface area contributed by atoms with Crippen LogP contribution in [0.15, 0.2) is 4.99 Å². The summed E-state index contributed by atoms with van der Waals surface area (Å²) in [5.74, 6) is 2.82. The van der Waals surface area contributed by atoms with Crippen LogP contribution in [0.5, 0.6) is 0 Å². The van der Waals surface area contributed by atoms with E-state index in [2.05, 4.69) is 16.8 Å². The molecule has 2 aliphatic carbocycles. The van der Waals surface area contributed by atoms with Crippen LogP contribution in [0.4, 0.5) is 0 Å². The molecular formula is C19H30N2O2S. The first-order valence-electron chi connectivity index (χ1n) is 9.73. The lowest BCUT2D eigenvalue weighted by atomic mass is 9.87. The fourth-order valence-corrected chi connectivity index (χ4v) is 6.44. The smallest absolute Gasteiger partial charge is 0.262 e. The van der Waals surface area contributed by atoms with Crippen LogP contribution in [0.1, 0.15) is 51.9 Å². The largest absolute Gasteiger partial charge is 0.379 e. The SMILES string of the molecule is CC1(CCCN2CCOCC2)SC(CC2CC3CCC2C3)=NC1=O. The highest BCUT2D eigenvalue weighted by Crippen LogP contribution is 2.51. The molecule has 0 aromatic heterocycles. The number of thioether (sulfide) groups is 1. The van der Waals surface area contributed by atoms with Crippen molar-refractivity contribution < 1.29 is 9.53 Å². The average Bonchev–Trinajstić information content (AvgIpc) is 3.24. The van der Waals surface area contributed by atoms with Gasteiger partial charge in [-0.3, -0.25) is 9.69 Å². The maximum Gasteiger partial charge on any atom is 0.262 e. The van der Waals surface area contributed by atoms with E-state index in [9.17, 15) is 4.79 Å². The van der Waals surface area contributed by atoms with Crippen LogP contribution < -0.4 is 0 Å². The Bertz CT molecular complexity index is 517. The first kappa shape index (κ1) is 17.0. The fourth-order valence-electron chi connectivity index (χ4n) is 5.12. The van der Waals surface area contributed by atoms with E-state index in [1.165, 1.54) is 25.7 Å². The van der Waals surface area contributed by atoms with Gasteiger partial charge in [0.1, 0.15) is 0 Å². The van der Waals surface area contributed by atoms with E-state index >= 15 is 0 Å². The van der Waals surface area contributed by atoms with Crippen molar-refractivity contribution in [2.24, 2.45) is 22.7 Å². The van der Waals surface area contributed by atoms with Crippen LogP contribution in [0, 0.1) is 17.8 Å². The minimum absolute atomic E-state index is 0.118. The fraction of sp³-hybridized carbons (Fsp3) is 0.895. The summed E-state index contributed by atoms with van der Waals surface area (Å²) < 4.78 is 5.09. The summed E-state index contributed by atoms with van der Waals surface area (Å²) in [6.07, 6.45) is 8.76. The van der Waals surface area contributed by atoms with Gasteiger partial charge in [0.05, 0.1) is 23.0 Å². The summed E-state index contributed by atoms with van der Waals surface area (Å²) in [4.78, 5) is 19.4. The Kier molecular flexibility index (Phi) is 5.03. The number of carbonyl (C=O) groups excluding carboxylic acids is 1. The van der Waals surface area contributed by atoms with Gasteiger partial charge >= 0.3 is 0 Å². The molecule has 24 heavy (non-hydrogen) atoms. The second-order valence-electron chi connectivity index (χ2n) is 8.34. The number of amides is 1. The standard InChI is InChI=1S/C19H30N2O2S/c1-19(5-2-6-21-7-9-23-10-8-21)18(22)20-17(24-19)13-16-12-14-3-4-15(16)11-14/h14-16H,2-13H2,1H3. The number of hydrogen-bond acceptors (Lipinski definition) is 4. The third-order valence-electron chi connectivity index (χ3n) is 6.57. The number of morpholine rings is 1. The molecule has 2 aliphatic heterocycles. The average molecular weight is 351 g/mol. The summed E-state index contributed by atoms with van der Waals surface area (Å²) >= 11 is 1.78. The van der Waals surface area contributed by atoms with Crippen molar-refractivity contribution in [3.63, 3.8) is 0 Å². The number of ether oxygens (including phenoxy) is 1. The van der Waals surface area contributed by atoms with E-state index in [1.54, 1.807) is 11.8 Å². The van der Waals surface area contributed by atoms with Crippen LogP contribution in [-0.4, -0.2) is 53.4 Å². The summed E-state index contributed by atoms with van der Waals surface area (Å²) in [5.41, 5.74) is 0. The summed E-state index contributed by atoms with van der Waals surface area (Å²) in [6, 6.07) is 0. The highest BCUT2D eigenvalue weighted by atomic mass is 32.2. The molecule has 0 aromatic carbocycles. The number of nitrogens with zero attached hydrogens (tertiary/aromatic N) is 2. The highest BCUT2D eigenvalue weighted by Gasteiger charge is 2.44. The van der Waals surface area contributed by atoms with Gasteiger partial charge in [-0.25, -0.2) is 4.99 Å². The predicted molar refractivity (Wildman–Crippen MR) is 98.5 cm³/mol. The molecule has 4 nitrogen and oxygen atoms in total. The Hall–Kier alpha value is -0.390. The molecule has 4 rings (SSSR count). The van der Waals surface area contributed by atoms with Gasteiger partial charge in [-0.05, 0) is 69.7 Å². The molecular weight excluding hydrogens is 320 g/mol. The van der Waals surface area contributed by atoms with Crippen LogP contribution in [0.25, 0.3) is 0 Å². The second kappa shape index (κ2) is 7.08. The molecule has 1 amide bonds. The van der Waals surface area contributed by atoms with Crippen LogP contribution in [0.3, 0.4) is 0 Å². The Balaban J connectivity index is 1.25. The molecule has 0 radical (unpaired) electrons. The van der Waals surface area contributed by atoms with Gasteiger partial charge in [0.25, 0.3) is 5.91 Å². The maximum absolute atomic E-state index is 12.5. The first-order valence-corrected chi connectivity index (χ1v) is 10.6. The zero-order valence-electron chi connectivity index (χ0n) is 14.8. The van der Waals surface area contributed by atoms with Crippen molar-refractivity contribution in [3.8, 4) is 0 Å². The maximum atomic E-state index is 12.5. The molecule has 1 saturated heterocycles. The van der Waals surface area contributed by atoms with Crippen molar-refractivity contribution in [1.29, 1.82) is 0 Å². The lowest BCUT2D eigenvalue weighted by Gasteiger charge is -2.28. The quantitative estimate of drug-likeness (QED) is 0.737. The van der Waals surface area contributed by atoms with Crippen molar-refractivity contribution in [3.05, 3.63) is 0 Å². The summed E-state index contributed by atoms with van der Waals surface area (Å²) in [7, 11) is 0. The number of carbonyl (C=O) groups is 1. The molecule has 5 heteroatoms. The normalized spacial score (nSPS) is 39.6. The van der Waals surface area contributed by atoms with Gasteiger partial charge in [0, 0.05) is 13.1 Å². The molecule has 2 bridgehead atoms. The number of rotatable bonds is 6. The van der Waals surface area contributed by atoms with Gasteiger partial charge in [0.2, 0.25) is 0 Å². The van der Waals surface area contributed by atoms with Gasteiger partial charge in [-0.2, -0.15) is 0 Å². The second-order valence-corrected chi connectivity index (χ2v) is 9.92. The molecule has 2 saturated carbocycles. The third-order valence-corrected chi connectivity index (χ3v) is 7.90. The minimum Gasteiger partial charge on any atom is -0.379 e. The molecule has 0 spiro atoms. The van der Waals surface area contributed by atoms with Crippen molar-refractivity contribution in [2.75, 3.05) is 32.8 Å². The number of fused-ring (bicyclic) bond motifs is 2. The lowest BCUT2D eigenvalue weighted by Crippen LogP contribution is -2.37. The molecule has 0 N–H and O–H groups in total. The van der Waals surface area contributed by atoms with E-state index in [1.807, 2.05) is 0 Å². The van der Waals surface area contributed by atoms with E-state index in [0.29, 0.717) is 0 Å². The van der Waals surface area contributed by atoms with Crippen LogP contribution in [0.2, 0.25) is 0 Å². The monoisotopic (exact) mass is 350 g/mol. The van der Waals surface area contributed by atoms with Crippen molar-refractivity contribution >= 4 is 22.7 Å². The van der Waals surface area contributed by atoms with E-state index in [4.69, 9.17) is 4.74 Å². The van der Waals surface area contributed by atoms with Gasteiger partial charge in [-0.1, -0.05) is 18.2 Å². The topological polar surface area (TPSA) is 41.9 Å². The van der Waals surface area contributed by atoms with Crippen molar-refractivity contribution in [2.45, 2.75) is 56.6 Å².